The highest BCUT2D eigenvalue weighted by atomic mass is 16.5. The summed E-state index contributed by atoms with van der Waals surface area (Å²) in [6, 6.07) is 16.5. The van der Waals surface area contributed by atoms with Crippen LogP contribution in [0.2, 0.25) is 0 Å². The van der Waals surface area contributed by atoms with Crippen LogP contribution in [-0.4, -0.2) is 24.3 Å². The zero-order chi connectivity index (χ0) is 17.8. The van der Waals surface area contributed by atoms with Gasteiger partial charge in [-0.2, -0.15) is 0 Å². The van der Waals surface area contributed by atoms with Crippen molar-refractivity contribution in [3.8, 4) is 0 Å². The number of hydrogen-bond acceptors (Lipinski definition) is 4. The Morgan fingerprint density at radius 1 is 1.12 bits per heavy atom. The van der Waals surface area contributed by atoms with Gasteiger partial charge in [0.15, 0.2) is 5.92 Å². The topological polar surface area (TPSA) is 67.8 Å². The Labute approximate surface area is 146 Å². The molecule has 0 bridgehead atoms. The van der Waals surface area contributed by atoms with Gasteiger partial charge >= 0.3 is 5.97 Å². The van der Waals surface area contributed by atoms with Gasteiger partial charge in [0, 0.05) is 5.56 Å². The van der Waals surface area contributed by atoms with E-state index in [9.17, 15) is 9.59 Å². The van der Waals surface area contributed by atoms with E-state index in [1.165, 1.54) is 0 Å². The molecular weight excluding hydrogens is 316 g/mol. The normalized spacial score (nSPS) is 19.8. The van der Waals surface area contributed by atoms with Gasteiger partial charge in [0.25, 0.3) is 0 Å². The summed E-state index contributed by atoms with van der Waals surface area (Å²) >= 11 is 0. The molecule has 1 N–H and O–H groups in total. The van der Waals surface area contributed by atoms with Crippen molar-refractivity contribution in [3.05, 3.63) is 71.3 Å². The van der Waals surface area contributed by atoms with Crippen molar-refractivity contribution >= 4 is 17.7 Å². The number of aliphatic imine (C=N–C) groups is 1. The first kappa shape index (κ1) is 16.9. The number of carbonyl (C=O) groups is 2. The van der Waals surface area contributed by atoms with Crippen LogP contribution >= 0.6 is 0 Å². The smallest absolute Gasteiger partial charge is 0.321 e. The third-order valence-electron chi connectivity index (χ3n) is 4.11. The van der Waals surface area contributed by atoms with Crippen LogP contribution in [-0.2, 0) is 14.3 Å². The third kappa shape index (κ3) is 3.60. The van der Waals surface area contributed by atoms with Gasteiger partial charge in [-0.05, 0) is 19.4 Å². The van der Waals surface area contributed by atoms with Crippen molar-refractivity contribution in [2.24, 2.45) is 10.9 Å². The first-order chi connectivity index (χ1) is 12.1. The largest absolute Gasteiger partial charge is 0.465 e. The first-order valence-corrected chi connectivity index (χ1v) is 8.27. The summed E-state index contributed by atoms with van der Waals surface area (Å²) in [6.45, 7) is 3.93. The SMILES string of the molecule is CCOC(=O)[C@@H]1C(=O)NC(c2ccccc2)=N[C@H]1c1ccc(C)cc1. The monoisotopic (exact) mass is 336 g/mol. The van der Waals surface area contributed by atoms with Gasteiger partial charge < -0.3 is 10.1 Å². The molecule has 1 aliphatic rings. The molecule has 3 rings (SSSR count). The minimum Gasteiger partial charge on any atom is -0.465 e. The molecular formula is C20H20N2O3. The van der Waals surface area contributed by atoms with Gasteiger partial charge in [0.2, 0.25) is 5.91 Å². The number of ether oxygens (including phenoxy) is 1. The summed E-state index contributed by atoms with van der Waals surface area (Å²) < 4.78 is 5.10. The number of esters is 1. The summed E-state index contributed by atoms with van der Waals surface area (Å²) in [5.41, 5.74) is 2.71. The molecule has 1 heterocycles. The number of aryl methyl sites for hydroxylation is 1. The second-order valence-electron chi connectivity index (χ2n) is 5.92. The van der Waals surface area contributed by atoms with E-state index in [0.29, 0.717) is 5.84 Å². The van der Waals surface area contributed by atoms with E-state index >= 15 is 0 Å². The van der Waals surface area contributed by atoms with Crippen LogP contribution in [0.3, 0.4) is 0 Å². The molecule has 1 amide bonds. The van der Waals surface area contributed by atoms with Gasteiger partial charge in [0.1, 0.15) is 5.84 Å². The van der Waals surface area contributed by atoms with Crippen molar-refractivity contribution in [1.82, 2.24) is 5.32 Å². The molecule has 0 aliphatic carbocycles. The van der Waals surface area contributed by atoms with Crippen LogP contribution < -0.4 is 5.32 Å². The molecule has 2 atom stereocenters. The lowest BCUT2D eigenvalue weighted by atomic mass is 9.90. The maximum atomic E-state index is 12.7. The second kappa shape index (κ2) is 7.30. The molecule has 1 aliphatic heterocycles. The molecule has 0 saturated carbocycles. The van der Waals surface area contributed by atoms with E-state index < -0.39 is 23.8 Å². The summed E-state index contributed by atoms with van der Waals surface area (Å²) in [7, 11) is 0. The Bertz CT molecular complexity index is 797. The molecule has 128 valence electrons. The molecule has 0 aromatic heterocycles. The summed E-state index contributed by atoms with van der Waals surface area (Å²) in [6.07, 6.45) is 0. The summed E-state index contributed by atoms with van der Waals surface area (Å²) in [5.74, 6) is -1.47. The highest BCUT2D eigenvalue weighted by molar-refractivity contribution is 6.14. The fraction of sp³-hybridized carbons (Fsp3) is 0.250. The van der Waals surface area contributed by atoms with E-state index in [-0.39, 0.29) is 6.61 Å². The zero-order valence-electron chi connectivity index (χ0n) is 14.2. The quantitative estimate of drug-likeness (QED) is 0.689. The molecule has 2 aromatic rings. The average Bonchev–Trinajstić information content (AvgIpc) is 2.62. The molecule has 0 radical (unpaired) electrons. The Balaban J connectivity index is 2.05. The number of amidine groups is 1. The van der Waals surface area contributed by atoms with E-state index in [1.54, 1.807) is 6.92 Å². The minimum absolute atomic E-state index is 0.221. The first-order valence-electron chi connectivity index (χ1n) is 8.27. The van der Waals surface area contributed by atoms with E-state index in [2.05, 4.69) is 10.3 Å². The van der Waals surface area contributed by atoms with Crippen LogP contribution in [0.1, 0.15) is 29.7 Å². The van der Waals surface area contributed by atoms with E-state index in [4.69, 9.17) is 4.74 Å². The van der Waals surface area contributed by atoms with Crippen molar-refractivity contribution < 1.29 is 14.3 Å². The summed E-state index contributed by atoms with van der Waals surface area (Å²) in [5, 5.41) is 2.74. The molecule has 0 spiro atoms. The number of rotatable bonds is 4. The fourth-order valence-corrected chi connectivity index (χ4v) is 2.83. The number of hydrogen-bond donors (Lipinski definition) is 1. The highest BCUT2D eigenvalue weighted by Crippen LogP contribution is 2.31. The lowest BCUT2D eigenvalue weighted by Crippen LogP contribution is -2.47. The number of amides is 1. The zero-order valence-corrected chi connectivity index (χ0v) is 14.2. The predicted octanol–water partition coefficient (Wildman–Crippen LogP) is 2.79. The van der Waals surface area contributed by atoms with Gasteiger partial charge in [-0.15, -0.1) is 0 Å². The van der Waals surface area contributed by atoms with Crippen molar-refractivity contribution in [2.75, 3.05) is 6.61 Å². The number of benzene rings is 2. The molecule has 25 heavy (non-hydrogen) atoms. The lowest BCUT2D eigenvalue weighted by molar-refractivity contribution is -0.153. The van der Waals surface area contributed by atoms with Gasteiger partial charge in [0.05, 0.1) is 12.6 Å². The van der Waals surface area contributed by atoms with Crippen molar-refractivity contribution in [1.29, 1.82) is 0 Å². The van der Waals surface area contributed by atoms with Crippen LogP contribution in [0.4, 0.5) is 0 Å². The van der Waals surface area contributed by atoms with Gasteiger partial charge in [-0.3, -0.25) is 14.6 Å². The second-order valence-corrected chi connectivity index (χ2v) is 5.92. The number of nitrogens with one attached hydrogen (secondary N) is 1. The van der Waals surface area contributed by atoms with Gasteiger partial charge in [-0.1, -0.05) is 60.2 Å². The minimum atomic E-state index is -0.991. The van der Waals surface area contributed by atoms with Crippen LogP contribution in [0.15, 0.2) is 59.6 Å². The highest BCUT2D eigenvalue weighted by Gasteiger charge is 2.41. The molecule has 5 nitrogen and oxygen atoms in total. The van der Waals surface area contributed by atoms with Crippen LogP contribution in [0.5, 0.6) is 0 Å². The van der Waals surface area contributed by atoms with Crippen molar-refractivity contribution in [3.63, 3.8) is 0 Å². The van der Waals surface area contributed by atoms with Crippen LogP contribution in [0, 0.1) is 12.8 Å². The third-order valence-corrected chi connectivity index (χ3v) is 4.11. The van der Waals surface area contributed by atoms with Crippen molar-refractivity contribution in [2.45, 2.75) is 19.9 Å². The number of nitrogens with zero attached hydrogens (tertiary/aromatic N) is 1. The average molecular weight is 336 g/mol. The van der Waals surface area contributed by atoms with Gasteiger partial charge in [-0.25, -0.2) is 0 Å². The Morgan fingerprint density at radius 3 is 2.44 bits per heavy atom. The lowest BCUT2D eigenvalue weighted by Gasteiger charge is -2.28. The molecule has 0 unspecified atom stereocenters. The summed E-state index contributed by atoms with van der Waals surface area (Å²) in [4.78, 5) is 29.7. The maximum absolute atomic E-state index is 12.7. The maximum Gasteiger partial charge on any atom is 0.321 e. The molecule has 2 aromatic carbocycles. The fourth-order valence-electron chi connectivity index (χ4n) is 2.83. The molecule has 0 saturated heterocycles. The standard InChI is InChI=1S/C20H20N2O3/c1-3-25-20(24)16-17(14-11-9-13(2)10-12-14)21-18(22-19(16)23)15-7-5-4-6-8-15/h4-12,16-17H,3H2,1-2H3,(H,21,22,23)/t16-,17-/m0/s1. The predicted molar refractivity (Wildman–Crippen MR) is 95.2 cm³/mol. The Morgan fingerprint density at radius 2 is 1.80 bits per heavy atom. The Kier molecular flexibility index (Phi) is 4.93. The van der Waals surface area contributed by atoms with E-state index in [1.807, 2.05) is 61.5 Å². The van der Waals surface area contributed by atoms with Crippen LogP contribution in [0.25, 0.3) is 0 Å². The Hall–Kier alpha value is -2.95. The van der Waals surface area contributed by atoms with E-state index in [0.717, 1.165) is 16.7 Å². The number of carbonyl (C=O) groups excluding carboxylic acids is 2. The molecule has 0 fully saturated rings. The molecule has 5 heteroatoms.